The summed E-state index contributed by atoms with van der Waals surface area (Å²) in [5.41, 5.74) is -0.474. The number of esters is 1. The van der Waals surface area contributed by atoms with E-state index in [0.717, 1.165) is 25.7 Å². The van der Waals surface area contributed by atoms with E-state index in [9.17, 15) is 14.4 Å². The molecule has 8 nitrogen and oxygen atoms in total. The molecule has 1 aliphatic rings. The normalized spacial score (nSPS) is 18.6. The van der Waals surface area contributed by atoms with Crippen LogP contribution in [0, 0.1) is 5.41 Å². The van der Waals surface area contributed by atoms with Crippen LogP contribution in [-0.2, 0) is 28.6 Å². The average Bonchev–Trinajstić information content (AvgIpc) is 2.91. The highest BCUT2D eigenvalue weighted by molar-refractivity contribution is 5.82. The minimum absolute atomic E-state index is 0.0135. The van der Waals surface area contributed by atoms with Crippen molar-refractivity contribution in [3.8, 4) is 0 Å². The third-order valence-corrected chi connectivity index (χ3v) is 7.34. The molecule has 1 aliphatic heterocycles. The molecule has 8 heteroatoms. The summed E-state index contributed by atoms with van der Waals surface area (Å²) in [5.74, 6) is -1.53. The number of carbonyl (C=O) groups excluding carboxylic acids is 3. The fourth-order valence-corrected chi connectivity index (χ4v) is 4.74. The lowest BCUT2D eigenvalue weighted by Gasteiger charge is -2.44. The van der Waals surface area contributed by atoms with Gasteiger partial charge in [0.05, 0.1) is 19.1 Å². The number of amides is 2. The molecule has 1 saturated heterocycles. The summed E-state index contributed by atoms with van der Waals surface area (Å²) in [6, 6.07) is -0.261. The second-order valence-electron chi connectivity index (χ2n) is 12.7. The number of nitrogens with one attached hydrogen (secondary N) is 2. The van der Waals surface area contributed by atoms with E-state index in [1.54, 1.807) is 13.8 Å². The molecule has 2 N–H and O–H groups in total. The van der Waals surface area contributed by atoms with Gasteiger partial charge in [-0.05, 0) is 52.9 Å². The van der Waals surface area contributed by atoms with Crippen LogP contribution in [-0.4, -0.2) is 55.5 Å². The van der Waals surface area contributed by atoms with Crippen LogP contribution >= 0.6 is 0 Å². The van der Waals surface area contributed by atoms with Gasteiger partial charge in [-0.15, -0.1) is 0 Å². The van der Waals surface area contributed by atoms with Crippen molar-refractivity contribution < 1.29 is 28.6 Å². The highest BCUT2D eigenvalue weighted by atomic mass is 16.7. The first kappa shape index (κ1) is 37.1. The molecule has 0 aromatic heterocycles. The van der Waals surface area contributed by atoms with Crippen molar-refractivity contribution >= 4 is 17.8 Å². The third-order valence-electron chi connectivity index (χ3n) is 7.34. The quantitative estimate of drug-likeness (QED) is 0.0834. The topological polar surface area (TPSA) is 103 Å². The second kappa shape index (κ2) is 20.9. The van der Waals surface area contributed by atoms with Gasteiger partial charge in [0.15, 0.2) is 5.79 Å². The van der Waals surface area contributed by atoms with Crippen molar-refractivity contribution in [1.82, 2.24) is 10.6 Å². The van der Waals surface area contributed by atoms with Crippen molar-refractivity contribution in [3.05, 3.63) is 12.2 Å². The number of rotatable bonds is 22. The molecular weight excluding hydrogens is 520 g/mol. The zero-order chi connectivity index (χ0) is 30.6. The maximum atomic E-state index is 12.6. The Morgan fingerprint density at radius 1 is 0.878 bits per heavy atom. The summed E-state index contributed by atoms with van der Waals surface area (Å²) in [6.07, 6.45) is 20.5. The monoisotopic (exact) mass is 580 g/mol. The van der Waals surface area contributed by atoms with Crippen molar-refractivity contribution in [2.24, 2.45) is 5.41 Å². The third kappa shape index (κ3) is 18.3. The lowest BCUT2D eigenvalue weighted by molar-refractivity contribution is -0.304. The van der Waals surface area contributed by atoms with Crippen LogP contribution in [0.4, 0.5) is 0 Å². The van der Waals surface area contributed by atoms with Crippen LogP contribution in [0.1, 0.15) is 138 Å². The van der Waals surface area contributed by atoms with E-state index in [0.29, 0.717) is 13.0 Å². The van der Waals surface area contributed by atoms with E-state index in [1.807, 2.05) is 20.8 Å². The first-order valence-corrected chi connectivity index (χ1v) is 16.2. The largest absolute Gasteiger partial charge is 0.463 e. The van der Waals surface area contributed by atoms with Crippen LogP contribution in [0.2, 0.25) is 0 Å². The lowest BCUT2D eigenvalue weighted by Crippen LogP contribution is -2.56. The van der Waals surface area contributed by atoms with Crippen LogP contribution in [0.5, 0.6) is 0 Å². The molecule has 0 saturated carbocycles. The summed E-state index contributed by atoms with van der Waals surface area (Å²) < 4.78 is 16.7. The molecule has 1 rings (SSSR count). The summed E-state index contributed by atoms with van der Waals surface area (Å²) in [5, 5.41) is 5.66. The Hall–Kier alpha value is -1.93. The smallest absolute Gasteiger partial charge is 0.307 e. The molecule has 1 heterocycles. The Balaban J connectivity index is 2.02. The Bertz CT molecular complexity index is 780. The molecule has 238 valence electrons. The van der Waals surface area contributed by atoms with Gasteiger partial charge in [-0.25, -0.2) is 0 Å². The molecule has 1 fully saturated rings. The Morgan fingerprint density at radius 3 is 2.10 bits per heavy atom. The van der Waals surface area contributed by atoms with E-state index < -0.39 is 23.3 Å². The van der Waals surface area contributed by atoms with Gasteiger partial charge in [-0.1, -0.05) is 84.3 Å². The zero-order valence-corrected chi connectivity index (χ0v) is 27.0. The van der Waals surface area contributed by atoms with Crippen molar-refractivity contribution in [2.75, 3.05) is 19.8 Å². The summed E-state index contributed by atoms with van der Waals surface area (Å²) in [4.78, 5) is 36.9. The van der Waals surface area contributed by atoms with Crippen molar-refractivity contribution in [2.45, 2.75) is 156 Å². The van der Waals surface area contributed by atoms with Gasteiger partial charge in [0.2, 0.25) is 11.8 Å². The fraction of sp³-hybridized carbons (Fsp3) is 0.848. The minimum Gasteiger partial charge on any atom is -0.463 e. The molecule has 0 aromatic rings. The van der Waals surface area contributed by atoms with Crippen LogP contribution in [0.3, 0.4) is 0 Å². The standard InChI is InChI=1S/C33H60N2O6/c1-7-8-9-10-11-12-13-14-15-16-17-18-19-20-21-22-28(36)35-27(2)25-39-29(37)23-24-34-31(38)30-32(3,4)26-40-33(5,6)41-30/h14-15,27,30H,7-13,16-26H2,1-6H3,(H,34,38)(H,35,36)/t27?,30-/m1/s1. The van der Waals surface area contributed by atoms with Gasteiger partial charge in [0, 0.05) is 18.4 Å². The number of hydrogen-bond donors (Lipinski definition) is 2. The SMILES string of the molecule is CCCCCCCCC=CCCCCCCCC(=O)NC(C)COC(=O)CCNC(=O)[C@H]1OC(C)(C)OCC1(C)C. The Kier molecular flexibility index (Phi) is 18.9. The molecule has 0 aliphatic carbocycles. The van der Waals surface area contributed by atoms with E-state index in [1.165, 1.54) is 57.8 Å². The molecule has 0 aromatic carbocycles. The highest BCUT2D eigenvalue weighted by Gasteiger charge is 2.45. The molecule has 0 spiro atoms. The van der Waals surface area contributed by atoms with Crippen LogP contribution < -0.4 is 10.6 Å². The number of ether oxygens (including phenoxy) is 3. The lowest BCUT2D eigenvalue weighted by atomic mass is 9.85. The molecule has 2 amide bonds. The fourth-order valence-electron chi connectivity index (χ4n) is 4.74. The molecular formula is C33H60N2O6. The van der Waals surface area contributed by atoms with Crippen molar-refractivity contribution in [3.63, 3.8) is 0 Å². The maximum absolute atomic E-state index is 12.6. The Morgan fingerprint density at radius 2 is 1.46 bits per heavy atom. The van der Waals surface area contributed by atoms with E-state index in [2.05, 4.69) is 29.7 Å². The summed E-state index contributed by atoms with van der Waals surface area (Å²) >= 11 is 0. The average molecular weight is 581 g/mol. The van der Waals surface area contributed by atoms with E-state index >= 15 is 0 Å². The molecule has 0 radical (unpaired) electrons. The first-order valence-electron chi connectivity index (χ1n) is 16.2. The van der Waals surface area contributed by atoms with Gasteiger partial charge in [0.25, 0.3) is 0 Å². The number of unbranched alkanes of at least 4 members (excludes halogenated alkanes) is 11. The van der Waals surface area contributed by atoms with Crippen LogP contribution in [0.15, 0.2) is 12.2 Å². The number of carbonyl (C=O) groups is 3. The zero-order valence-electron chi connectivity index (χ0n) is 27.0. The summed E-state index contributed by atoms with van der Waals surface area (Å²) in [6.45, 7) is 12.1. The maximum Gasteiger partial charge on any atom is 0.307 e. The predicted molar refractivity (Wildman–Crippen MR) is 164 cm³/mol. The Labute approximate surface area is 250 Å². The molecule has 41 heavy (non-hydrogen) atoms. The van der Waals surface area contributed by atoms with Gasteiger partial charge in [0.1, 0.15) is 12.7 Å². The van der Waals surface area contributed by atoms with E-state index in [-0.39, 0.29) is 37.4 Å². The molecule has 1 unspecified atom stereocenters. The van der Waals surface area contributed by atoms with E-state index in [4.69, 9.17) is 14.2 Å². The summed E-state index contributed by atoms with van der Waals surface area (Å²) in [7, 11) is 0. The number of allylic oxidation sites excluding steroid dienone is 2. The highest BCUT2D eigenvalue weighted by Crippen LogP contribution is 2.34. The van der Waals surface area contributed by atoms with Gasteiger partial charge in [-0.3, -0.25) is 14.4 Å². The van der Waals surface area contributed by atoms with Gasteiger partial charge in [-0.2, -0.15) is 0 Å². The minimum atomic E-state index is -0.832. The van der Waals surface area contributed by atoms with Crippen molar-refractivity contribution in [1.29, 1.82) is 0 Å². The van der Waals surface area contributed by atoms with Crippen LogP contribution in [0.25, 0.3) is 0 Å². The van der Waals surface area contributed by atoms with Gasteiger partial charge >= 0.3 is 5.97 Å². The van der Waals surface area contributed by atoms with Gasteiger partial charge < -0.3 is 24.8 Å². The predicted octanol–water partition coefficient (Wildman–Crippen LogP) is 6.76. The molecule has 0 bridgehead atoms. The molecule has 2 atom stereocenters. The second-order valence-corrected chi connectivity index (χ2v) is 12.7. The first-order chi connectivity index (χ1) is 19.5. The number of hydrogen-bond acceptors (Lipinski definition) is 6.